The lowest BCUT2D eigenvalue weighted by atomic mass is 10.1. The average Bonchev–Trinajstić information content (AvgIpc) is 3.12. The fourth-order valence-electron chi connectivity index (χ4n) is 2.81. The minimum absolute atomic E-state index is 0. The molecule has 0 aromatic carbocycles. The first-order valence-electron chi connectivity index (χ1n) is 8.38. The van der Waals surface area contributed by atoms with Gasteiger partial charge in [-0.3, -0.25) is 9.48 Å². The van der Waals surface area contributed by atoms with Crippen LogP contribution in [0.4, 0.5) is 0 Å². The molecule has 7 nitrogen and oxygen atoms in total. The molecule has 1 amide bonds. The molecule has 2 aromatic heterocycles. The van der Waals surface area contributed by atoms with Crippen LogP contribution in [0, 0.1) is 0 Å². The summed E-state index contributed by atoms with van der Waals surface area (Å²) in [6.07, 6.45) is 5.77. The molecule has 2 aromatic rings. The van der Waals surface area contributed by atoms with Crippen LogP contribution in [0.3, 0.4) is 0 Å². The average molecular weight is 366 g/mol. The third-order valence-electron chi connectivity index (χ3n) is 4.06. The number of pyridine rings is 1. The van der Waals surface area contributed by atoms with E-state index in [4.69, 9.17) is 4.74 Å². The van der Waals surface area contributed by atoms with Crippen molar-refractivity contribution in [3.8, 4) is 5.88 Å². The van der Waals surface area contributed by atoms with Gasteiger partial charge in [0.1, 0.15) is 5.69 Å². The van der Waals surface area contributed by atoms with E-state index in [9.17, 15) is 4.79 Å². The van der Waals surface area contributed by atoms with E-state index in [0.717, 1.165) is 31.5 Å². The van der Waals surface area contributed by atoms with Crippen molar-refractivity contribution in [3.05, 3.63) is 41.9 Å². The van der Waals surface area contributed by atoms with Crippen molar-refractivity contribution in [1.29, 1.82) is 0 Å². The van der Waals surface area contributed by atoms with Crippen molar-refractivity contribution in [2.45, 2.75) is 32.4 Å². The highest BCUT2D eigenvalue weighted by molar-refractivity contribution is 5.92. The third-order valence-corrected chi connectivity index (χ3v) is 4.06. The largest absolute Gasteiger partial charge is 0.478 e. The van der Waals surface area contributed by atoms with Crippen LogP contribution in [0.25, 0.3) is 0 Å². The number of nitrogens with zero attached hydrogens (tertiary/aromatic N) is 3. The summed E-state index contributed by atoms with van der Waals surface area (Å²) in [5.74, 6) is 0.364. The molecule has 3 rings (SSSR count). The molecule has 0 radical (unpaired) electrons. The van der Waals surface area contributed by atoms with Crippen LogP contribution < -0.4 is 15.4 Å². The predicted molar refractivity (Wildman–Crippen MR) is 97.2 cm³/mol. The van der Waals surface area contributed by atoms with Crippen LogP contribution in [-0.2, 0) is 6.54 Å². The molecule has 1 aliphatic heterocycles. The van der Waals surface area contributed by atoms with E-state index in [1.165, 1.54) is 0 Å². The minimum atomic E-state index is -0.191. The Labute approximate surface area is 153 Å². The quantitative estimate of drug-likeness (QED) is 0.817. The van der Waals surface area contributed by atoms with Gasteiger partial charge in [0.15, 0.2) is 0 Å². The molecule has 0 aliphatic carbocycles. The Kier molecular flexibility index (Phi) is 7.21. The molecule has 0 saturated carbocycles. The molecule has 1 atom stereocenters. The van der Waals surface area contributed by atoms with Gasteiger partial charge in [0.05, 0.1) is 12.6 Å². The van der Waals surface area contributed by atoms with Crippen LogP contribution in [0.15, 0.2) is 30.6 Å². The number of piperidine rings is 1. The zero-order valence-corrected chi connectivity index (χ0v) is 15.1. The van der Waals surface area contributed by atoms with Crippen LogP contribution in [0.5, 0.6) is 5.88 Å². The molecule has 1 aliphatic rings. The highest BCUT2D eigenvalue weighted by Crippen LogP contribution is 2.16. The molecule has 0 bridgehead atoms. The second kappa shape index (κ2) is 9.39. The van der Waals surface area contributed by atoms with E-state index in [-0.39, 0.29) is 18.3 Å². The second-order valence-corrected chi connectivity index (χ2v) is 5.76. The molecule has 3 heterocycles. The lowest BCUT2D eigenvalue weighted by Gasteiger charge is -2.22. The first kappa shape index (κ1) is 19.2. The number of carbonyl (C=O) groups is 1. The topological polar surface area (TPSA) is 81.1 Å². The van der Waals surface area contributed by atoms with Gasteiger partial charge >= 0.3 is 0 Å². The van der Waals surface area contributed by atoms with Crippen molar-refractivity contribution >= 4 is 18.3 Å². The summed E-state index contributed by atoms with van der Waals surface area (Å²) in [5.41, 5.74) is 1.28. The number of hydrogen-bond acceptors (Lipinski definition) is 5. The number of carbonyl (C=O) groups excluding carboxylic acids is 1. The standard InChI is InChI=1S/C17H23N5O2.ClH/c1-2-24-17-13(5-3-9-19-17)11-20-16(23)15-7-10-22(21-15)14-6-4-8-18-12-14;/h3,5,7,9-10,14,18H,2,4,6,8,11-12H2,1H3,(H,20,23);1H. The lowest BCUT2D eigenvalue weighted by molar-refractivity contribution is 0.0944. The van der Waals surface area contributed by atoms with Gasteiger partial charge in [-0.15, -0.1) is 12.4 Å². The van der Waals surface area contributed by atoms with Crippen LogP contribution in [0.1, 0.15) is 41.9 Å². The summed E-state index contributed by atoms with van der Waals surface area (Å²) in [5, 5.41) is 10.7. The summed E-state index contributed by atoms with van der Waals surface area (Å²) in [6.45, 7) is 4.76. The zero-order chi connectivity index (χ0) is 16.8. The summed E-state index contributed by atoms with van der Waals surface area (Å²) < 4.78 is 7.36. The van der Waals surface area contributed by atoms with E-state index >= 15 is 0 Å². The maximum Gasteiger partial charge on any atom is 0.272 e. The van der Waals surface area contributed by atoms with Crippen molar-refractivity contribution in [2.75, 3.05) is 19.7 Å². The van der Waals surface area contributed by atoms with Crippen molar-refractivity contribution in [3.63, 3.8) is 0 Å². The number of ether oxygens (including phenoxy) is 1. The highest BCUT2D eigenvalue weighted by atomic mass is 35.5. The van der Waals surface area contributed by atoms with E-state index in [2.05, 4.69) is 20.7 Å². The summed E-state index contributed by atoms with van der Waals surface area (Å²) in [4.78, 5) is 16.5. The van der Waals surface area contributed by atoms with Gasteiger partial charge in [-0.2, -0.15) is 5.10 Å². The smallest absolute Gasteiger partial charge is 0.272 e. The Balaban J connectivity index is 0.00000225. The van der Waals surface area contributed by atoms with Crippen LogP contribution in [0.2, 0.25) is 0 Å². The van der Waals surface area contributed by atoms with E-state index < -0.39 is 0 Å². The number of halogens is 1. The molecule has 1 saturated heterocycles. The predicted octanol–water partition coefficient (Wildman–Crippen LogP) is 1.95. The Morgan fingerprint density at radius 3 is 3.12 bits per heavy atom. The molecular weight excluding hydrogens is 342 g/mol. The van der Waals surface area contributed by atoms with Gasteiger partial charge < -0.3 is 15.4 Å². The highest BCUT2D eigenvalue weighted by Gasteiger charge is 2.17. The maximum atomic E-state index is 12.3. The third kappa shape index (κ3) is 4.93. The van der Waals surface area contributed by atoms with Gasteiger partial charge in [0, 0.05) is 31.0 Å². The SMILES string of the molecule is CCOc1ncccc1CNC(=O)c1ccn(C2CCCNC2)n1.Cl. The van der Waals surface area contributed by atoms with E-state index in [0.29, 0.717) is 30.8 Å². The Bertz CT molecular complexity index is 685. The second-order valence-electron chi connectivity index (χ2n) is 5.76. The number of hydrogen-bond donors (Lipinski definition) is 2. The monoisotopic (exact) mass is 365 g/mol. The lowest BCUT2D eigenvalue weighted by Crippen LogP contribution is -2.32. The fourth-order valence-corrected chi connectivity index (χ4v) is 2.81. The van der Waals surface area contributed by atoms with Crippen molar-refractivity contribution in [1.82, 2.24) is 25.4 Å². The number of amides is 1. The molecule has 8 heteroatoms. The van der Waals surface area contributed by atoms with E-state index in [1.54, 1.807) is 12.3 Å². The van der Waals surface area contributed by atoms with Crippen molar-refractivity contribution in [2.24, 2.45) is 0 Å². The maximum absolute atomic E-state index is 12.3. The number of nitrogens with one attached hydrogen (secondary N) is 2. The van der Waals surface area contributed by atoms with Gasteiger partial charge in [0.25, 0.3) is 5.91 Å². The fraction of sp³-hybridized carbons (Fsp3) is 0.471. The number of rotatable bonds is 6. The zero-order valence-electron chi connectivity index (χ0n) is 14.3. The molecule has 1 fully saturated rings. The molecular formula is C17H24ClN5O2. The van der Waals surface area contributed by atoms with Gasteiger partial charge in [-0.1, -0.05) is 6.07 Å². The molecule has 136 valence electrons. The summed E-state index contributed by atoms with van der Waals surface area (Å²) in [7, 11) is 0. The first-order chi connectivity index (χ1) is 11.8. The Morgan fingerprint density at radius 1 is 1.48 bits per heavy atom. The minimum Gasteiger partial charge on any atom is -0.478 e. The van der Waals surface area contributed by atoms with Crippen molar-refractivity contribution < 1.29 is 9.53 Å². The van der Waals surface area contributed by atoms with Gasteiger partial charge in [0.2, 0.25) is 5.88 Å². The molecule has 2 N–H and O–H groups in total. The summed E-state index contributed by atoms with van der Waals surface area (Å²) in [6, 6.07) is 5.80. The Hall–Kier alpha value is -2.12. The van der Waals surface area contributed by atoms with Crippen LogP contribution in [-0.4, -0.2) is 40.4 Å². The molecule has 0 spiro atoms. The van der Waals surface area contributed by atoms with Crippen LogP contribution >= 0.6 is 12.4 Å². The molecule has 1 unspecified atom stereocenters. The van der Waals surface area contributed by atoms with E-state index in [1.807, 2.05) is 29.9 Å². The Morgan fingerprint density at radius 2 is 2.36 bits per heavy atom. The first-order valence-corrected chi connectivity index (χ1v) is 8.38. The number of aromatic nitrogens is 3. The normalized spacial score (nSPS) is 16.8. The van der Waals surface area contributed by atoms with Gasteiger partial charge in [-0.05, 0) is 38.4 Å². The van der Waals surface area contributed by atoms with Gasteiger partial charge in [-0.25, -0.2) is 4.98 Å². The molecule has 25 heavy (non-hydrogen) atoms. The summed E-state index contributed by atoms with van der Waals surface area (Å²) >= 11 is 0.